The summed E-state index contributed by atoms with van der Waals surface area (Å²) in [7, 11) is 0. The van der Waals surface area contributed by atoms with Gasteiger partial charge in [0.1, 0.15) is 0 Å². The molecule has 2 aromatic rings. The lowest BCUT2D eigenvalue weighted by molar-refractivity contribution is 0.0772. The minimum atomic E-state index is -0.0570. The third kappa shape index (κ3) is 3.29. The van der Waals surface area contributed by atoms with Crippen molar-refractivity contribution in [2.45, 2.75) is 26.7 Å². The molecule has 1 heterocycles. The van der Waals surface area contributed by atoms with Crippen LogP contribution in [0, 0.1) is 0 Å². The van der Waals surface area contributed by atoms with E-state index in [0.29, 0.717) is 30.8 Å². The van der Waals surface area contributed by atoms with Gasteiger partial charge in [-0.05, 0) is 68.7 Å². The molecule has 0 saturated heterocycles. The number of carbonyl (C=O) groups excluding carboxylic acids is 2. The maximum atomic E-state index is 13.0. The highest BCUT2D eigenvalue weighted by atomic mass is 16.2. The van der Waals surface area contributed by atoms with Gasteiger partial charge < -0.3 is 15.5 Å². The number of hydrogen-bond donors (Lipinski definition) is 1. The molecule has 0 spiro atoms. The average molecular weight is 351 g/mol. The van der Waals surface area contributed by atoms with Gasteiger partial charge in [-0.3, -0.25) is 9.59 Å². The number of carbonyl (C=O) groups is 2. The molecule has 2 N–H and O–H groups in total. The fourth-order valence-electron chi connectivity index (χ4n) is 3.47. The fraction of sp³-hybridized carbons (Fsp3) is 0.333. The molecule has 0 fully saturated rings. The van der Waals surface area contributed by atoms with E-state index >= 15 is 0 Å². The molecule has 0 aliphatic carbocycles. The van der Waals surface area contributed by atoms with Crippen LogP contribution in [0.2, 0.25) is 0 Å². The Bertz CT molecular complexity index is 811. The van der Waals surface area contributed by atoms with Crippen LogP contribution in [0.4, 0.5) is 11.4 Å². The van der Waals surface area contributed by atoms with Crippen molar-refractivity contribution < 1.29 is 9.59 Å². The van der Waals surface area contributed by atoms with Gasteiger partial charge in [0, 0.05) is 42.1 Å². The molecule has 0 aromatic heterocycles. The van der Waals surface area contributed by atoms with Crippen molar-refractivity contribution >= 4 is 23.2 Å². The van der Waals surface area contributed by atoms with Crippen LogP contribution in [0.15, 0.2) is 42.5 Å². The van der Waals surface area contributed by atoms with Gasteiger partial charge in [0.05, 0.1) is 0 Å². The molecule has 26 heavy (non-hydrogen) atoms. The molecule has 2 amide bonds. The molecular formula is C21H25N3O2. The number of hydrogen-bond acceptors (Lipinski definition) is 3. The van der Waals surface area contributed by atoms with Crippen molar-refractivity contribution in [1.29, 1.82) is 0 Å². The van der Waals surface area contributed by atoms with E-state index in [1.807, 2.05) is 32.0 Å². The lowest BCUT2D eigenvalue weighted by atomic mass is 9.99. The molecule has 1 aliphatic rings. The van der Waals surface area contributed by atoms with E-state index < -0.39 is 0 Å². The lowest BCUT2D eigenvalue weighted by Crippen LogP contribution is -2.35. The maximum Gasteiger partial charge on any atom is 0.258 e. The summed E-state index contributed by atoms with van der Waals surface area (Å²) in [5.74, 6) is -0.0662. The summed E-state index contributed by atoms with van der Waals surface area (Å²) < 4.78 is 0. The lowest BCUT2D eigenvalue weighted by Gasteiger charge is -2.30. The topological polar surface area (TPSA) is 66.6 Å². The van der Waals surface area contributed by atoms with Crippen LogP contribution in [-0.4, -0.2) is 36.3 Å². The number of nitrogens with zero attached hydrogens (tertiary/aromatic N) is 2. The standard InChI is InChI=1S/C21H25N3O2/c1-3-23(4-2)20(25)15-10-12-16(13-11-15)21(26)24-14-6-7-17-18(22)8-5-9-19(17)24/h5,8-13H,3-4,6-7,14,22H2,1-2H3. The number of rotatable bonds is 4. The van der Waals surface area contributed by atoms with Gasteiger partial charge in [-0.1, -0.05) is 6.07 Å². The van der Waals surface area contributed by atoms with Crippen molar-refractivity contribution in [1.82, 2.24) is 4.90 Å². The Morgan fingerprint density at radius 1 is 1.04 bits per heavy atom. The van der Waals surface area contributed by atoms with E-state index in [-0.39, 0.29) is 11.8 Å². The summed E-state index contributed by atoms with van der Waals surface area (Å²) in [4.78, 5) is 29.0. The summed E-state index contributed by atoms with van der Waals surface area (Å²) in [6.45, 7) is 5.93. The van der Waals surface area contributed by atoms with E-state index in [1.54, 1.807) is 34.1 Å². The fourth-order valence-corrected chi connectivity index (χ4v) is 3.47. The molecular weight excluding hydrogens is 326 g/mol. The average Bonchev–Trinajstić information content (AvgIpc) is 2.68. The van der Waals surface area contributed by atoms with Crippen molar-refractivity contribution in [3.05, 3.63) is 59.2 Å². The van der Waals surface area contributed by atoms with E-state index in [9.17, 15) is 9.59 Å². The van der Waals surface area contributed by atoms with Crippen molar-refractivity contribution in [3.63, 3.8) is 0 Å². The molecule has 136 valence electrons. The normalized spacial score (nSPS) is 13.2. The van der Waals surface area contributed by atoms with Gasteiger partial charge in [-0.2, -0.15) is 0 Å². The van der Waals surface area contributed by atoms with Crippen LogP contribution in [0.1, 0.15) is 46.5 Å². The van der Waals surface area contributed by atoms with Gasteiger partial charge >= 0.3 is 0 Å². The maximum absolute atomic E-state index is 13.0. The zero-order valence-electron chi connectivity index (χ0n) is 15.4. The van der Waals surface area contributed by atoms with Crippen LogP contribution in [0.3, 0.4) is 0 Å². The number of nitrogens with two attached hydrogens (primary N) is 1. The summed E-state index contributed by atoms with van der Waals surface area (Å²) in [5.41, 5.74) is 9.93. The molecule has 0 unspecified atom stereocenters. The summed E-state index contributed by atoms with van der Waals surface area (Å²) in [6.07, 6.45) is 1.79. The number of benzene rings is 2. The summed E-state index contributed by atoms with van der Waals surface area (Å²) in [6, 6.07) is 12.6. The monoisotopic (exact) mass is 351 g/mol. The smallest absolute Gasteiger partial charge is 0.258 e. The van der Waals surface area contributed by atoms with E-state index in [1.165, 1.54) is 0 Å². The number of fused-ring (bicyclic) bond motifs is 1. The van der Waals surface area contributed by atoms with Gasteiger partial charge in [0.25, 0.3) is 11.8 Å². The van der Waals surface area contributed by atoms with Crippen LogP contribution in [-0.2, 0) is 6.42 Å². The van der Waals surface area contributed by atoms with E-state index in [0.717, 1.165) is 29.8 Å². The molecule has 5 nitrogen and oxygen atoms in total. The van der Waals surface area contributed by atoms with Crippen LogP contribution < -0.4 is 10.6 Å². The Kier molecular flexibility index (Phi) is 5.26. The first-order chi connectivity index (χ1) is 12.6. The predicted octanol–water partition coefficient (Wildman–Crippen LogP) is 3.34. The predicted molar refractivity (Wildman–Crippen MR) is 105 cm³/mol. The van der Waals surface area contributed by atoms with E-state index in [2.05, 4.69) is 0 Å². The van der Waals surface area contributed by atoms with Gasteiger partial charge in [0.2, 0.25) is 0 Å². The Labute approximate surface area is 154 Å². The molecule has 0 atom stereocenters. The highest BCUT2D eigenvalue weighted by molar-refractivity contribution is 6.07. The molecule has 0 radical (unpaired) electrons. The second-order valence-electron chi connectivity index (χ2n) is 6.46. The molecule has 0 bridgehead atoms. The number of nitrogen functional groups attached to an aromatic ring is 1. The summed E-state index contributed by atoms with van der Waals surface area (Å²) >= 11 is 0. The molecule has 1 aliphatic heterocycles. The Balaban J connectivity index is 1.84. The van der Waals surface area contributed by atoms with Crippen LogP contribution in [0.5, 0.6) is 0 Å². The van der Waals surface area contributed by atoms with Gasteiger partial charge in [0.15, 0.2) is 0 Å². The highest BCUT2D eigenvalue weighted by Gasteiger charge is 2.25. The zero-order valence-corrected chi connectivity index (χ0v) is 15.4. The number of anilines is 2. The molecule has 0 saturated carbocycles. The van der Waals surface area contributed by atoms with Crippen molar-refractivity contribution in [2.75, 3.05) is 30.3 Å². The Morgan fingerprint density at radius 3 is 2.35 bits per heavy atom. The second kappa shape index (κ2) is 7.60. The minimum absolute atomic E-state index is 0.00918. The quantitative estimate of drug-likeness (QED) is 0.859. The second-order valence-corrected chi connectivity index (χ2v) is 6.46. The van der Waals surface area contributed by atoms with E-state index in [4.69, 9.17) is 5.73 Å². The molecule has 2 aromatic carbocycles. The minimum Gasteiger partial charge on any atom is -0.398 e. The molecule has 5 heteroatoms. The van der Waals surface area contributed by atoms with Crippen LogP contribution in [0.25, 0.3) is 0 Å². The van der Waals surface area contributed by atoms with Gasteiger partial charge in [-0.25, -0.2) is 0 Å². The first kappa shape index (κ1) is 18.0. The van der Waals surface area contributed by atoms with Crippen LogP contribution >= 0.6 is 0 Å². The third-order valence-corrected chi connectivity index (χ3v) is 4.96. The van der Waals surface area contributed by atoms with Crippen molar-refractivity contribution in [2.24, 2.45) is 0 Å². The summed E-state index contributed by atoms with van der Waals surface area (Å²) in [5, 5.41) is 0. The third-order valence-electron chi connectivity index (χ3n) is 4.96. The highest BCUT2D eigenvalue weighted by Crippen LogP contribution is 2.32. The molecule has 3 rings (SSSR count). The Hall–Kier alpha value is -2.82. The SMILES string of the molecule is CCN(CC)C(=O)c1ccc(C(=O)N2CCCc3c(N)cccc32)cc1. The first-order valence-electron chi connectivity index (χ1n) is 9.15. The largest absolute Gasteiger partial charge is 0.398 e. The van der Waals surface area contributed by atoms with Gasteiger partial charge in [-0.15, -0.1) is 0 Å². The zero-order chi connectivity index (χ0) is 18.7. The first-order valence-corrected chi connectivity index (χ1v) is 9.15. The van der Waals surface area contributed by atoms with Crippen molar-refractivity contribution in [3.8, 4) is 0 Å². The Morgan fingerprint density at radius 2 is 1.69 bits per heavy atom. The number of amides is 2.